The number of amides is 1. The molecule has 0 saturated carbocycles. The molecule has 0 aromatic heterocycles. The summed E-state index contributed by atoms with van der Waals surface area (Å²) in [6.45, 7) is 3.84. The van der Waals surface area contributed by atoms with Crippen LogP contribution in [0.2, 0.25) is 0 Å². The maximum atomic E-state index is 13.1. The Morgan fingerprint density at radius 3 is 2.20 bits per heavy atom. The first kappa shape index (κ1) is 18.8. The van der Waals surface area contributed by atoms with Gasteiger partial charge in [-0.3, -0.25) is 9.10 Å². The van der Waals surface area contributed by atoms with E-state index in [1.807, 2.05) is 19.1 Å². The summed E-state index contributed by atoms with van der Waals surface area (Å²) in [5.41, 5.74) is 1.44. The van der Waals surface area contributed by atoms with Crippen molar-refractivity contribution in [3.8, 4) is 5.75 Å². The fourth-order valence-electron chi connectivity index (χ4n) is 2.28. The molecule has 0 aliphatic carbocycles. The number of nitrogens with one attached hydrogen (secondary N) is 1. The van der Waals surface area contributed by atoms with Crippen LogP contribution in [-0.4, -0.2) is 34.5 Å². The number of aryl methyl sites for hydroxylation is 1. The molecule has 0 radical (unpaired) electrons. The van der Waals surface area contributed by atoms with Gasteiger partial charge in [-0.25, -0.2) is 8.42 Å². The van der Waals surface area contributed by atoms with Crippen LogP contribution in [0.25, 0.3) is 0 Å². The van der Waals surface area contributed by atoms with Crippen LogP contribution in [0.1, 0.15) is 12.5 Å². The number of hydrogen-bond donors (Lipinski definition) is 1. The van der Waals surface area contributed by atoms with Gasteiger partial charge in [-0.1, -0.05) is 17.7 Å². The van der Waals surface area contributed by atoms with Crippen molar-refractivity contribution >= 4 is 21.6 Å². The van der Waals surface area contributed by atoms with E-state index >= 15 is 0 Å². The molecule has 0 fully saturated rings. The van der Waals surface area contributed by atoms with Crippen LogP contribution < -0.4 is 14.4 Å². The standard InChI is InChI=1S/C18H22N2O4S/c1-4-19-18(21)13-20(15-7-5-14(2)6-8-15)25(22,23)17-11-9-16(24-3)10-12-17/h5-12H,4,13H2,1-3H3,(H,19,21). The van der Waals surface area contributed by atoms with Gasteiger partial charge in [0.1, 0.15) is 12.3 Å². The number of likely N-dealkylation sites (N-methyl/N-ethyl adjacent to an activating group) is 1. The maximum absolute atomic E-state index is 13.1. The van der Waals surface area contributed by atoms with Crippen LogP contribution in [0.5, 0.6) is 5.75 Å². The molecule has 0 aliphatic heterocycles. The van der Waals surface area contributed by atoms with E-state index in [9.17, 15) is 13.2 Å². The highest BCUT2D eigenvalue weighted by molar-refractivity contribution is 7.92. The SMILES string of the molecule is CCNC(=O)CN(c1ccc(C)cc1)S(=O)(=O)c1ccc(OC)cc1. The van der Waals surface area contributed by atoms with Crippen LogP contribution in [0.3, 0.4) is 0 Å². The Bertz CT molecular complexity index is 815. The van der Waals surface area contributed by atoms with Gasteiger partial charge in [0, 0.05) is 6.54 Å². The normalized spacial score (nSPS) is 11.0. The lowest BCUT2D eigenvalue weighted by molar-refractivity contribution is -0.119. The molecule has 1 N–H and O–H groups in total. The van der Waals surface area contributed by atoms with Crippen molar-refractivity contribution in [2.24, 2.45) is 0 Å². The molecular weight excluding hydrogens is 340 g/mol. The predicted octanol–water partition coefficient (Wildman–Crippen LogP) is 2.34. The van der Waals surface area contributed by atoms with Gasteiger partial charge in [0.05, 0.1) is 17.7 Å². The number of methoxy groups -OCH3 is 1. The zero-order valence-electron chi connectivity index (χ0n) is 14.5. The molecule has 25 heavy (non-hydrogen) atoms. The molecule has 134 valence electrons. The molecule has 1 amide bonds. The van der Waals surface area contributed by atoms with Crippen molar-refractivity contribution in [2.45, 2.75) is 18.7 Å². The van der Waals surface area contributed by atoms with Gasteiger partial charge in [-0.05, 0) is 50.2 Å². The number of carbonyl (C=O) groups excluding carboxylic acids is 1. The molecular formula is C18H22N2O4S. The number of carbonyl (C=O) groups is 1. The van der Waals surface area contributed by atoms with Crippen molar-refractivity contribution in [2.75, 3.05) is 24.5 Å². The third kappa shape index (κ3) is 4.51. The van der Waals surface area contributed by atoms with E-state index in [0.717, 1.165) is 9.87 Å². The highest BCUT2D eigenvalue weighted by atomic mass is 32.2. The Hall–Kier alpha value is -2.54. The largest absolute Gasteiger partial charge is 0.497 e. The number of hydrogen-bond acceptors (Lipinski definition) is 4. The maximum Gasteiger partial charge on any atom is 0.264 e. The Morgan fingerprint density at radius 2 is 1.68 bits per heavy atom. The fraction of sp³-hybridized carbons (Fsp3) is 0.278. The van der Waals surface area contributed by atoms with Gasteiger partial charge in [0.25, 0.3) is 10.0 Å². The highest BCUT2D eigenvalue weighted by Gasteiger charge is 2.27. The van der Waals surface area contributed by atoms with Crippen LogP contribution >= 0.6 is 0 Å². The molecule has 0 aliphatic rings. The average Bonchev–Trinajstić information content (AvgIpc) is 2.61. The number of sulfonamides is 1. The second kappa shape index (κ2) is 8.02. The van der Waals surface area contributed by atoms with Crippen LogP contribution in [-0.2, 0) is 14.8 Å². The zero-order valence-corrected chi connectivity index (χ0v) is 15.3. The monoisotopic (exact) mass is 362 g/mol. The smallest absolute Gasteiger partial charge is 0.264 e. The first-order valence-corrected chi connectivity index (χ1v) is 9.32. The minimum Gasteiger partial charge on any atom is -0.497 e. The third-order valence-electron chi connectivity index (χ3n) is 3.63. The van der Waals surface area contributed by atoms with Crippen molar-refractivity contribution in [3.05, 3.63) is 54.1 Å². The molecule has 0 bridgehead atoms. The van der Waals surface area contributed by atoms with E-state index in [1.165, 1.54) is 19.2 Å². The van der Waals surface area contributed by atoms with Gasteiger partial charge in [0.2, 0.25) is 5.91 Å². The van der Waals surface area contributed by atoms with Gasteiger partial charge in [0.15, 0.2) is 0 Å². The molecule has 0 spiro atoms. The second-order valence-electron chi connectivity index (χ2n) is 5.48. The Kier molecular flexibility index (Phi) is 6.03. The highest BCUT2D eigenvalue weighted by Crippen LogP contribution is 2.25. The summed E-state index contributed by atoms with van der Waals surface area (Å²) < 4.78 is 32.3. The van der Waals surface area contributed by atoms with Crippen molar-refractivity contribution in [1.82, 2.24) is 5.32 Å². The van der Waals surface area contributed by atoms with Crippen molar-refractivity contribution < 1.29 is 17.9 Å². The number of anilines is 1. The summed E-state index contributed by atoms with van der Waals surface area (Å²) in [6, 6.07) is 13.1. The van der Waals surface area contributed by atoms with Gasteiger partial charge >= 0.3 is 0 Å². The van der Waals surface area contributed by atoms with Gasteiger partial charge < -0.3 is 10.1 Å². The van der Waals surface area contributed by atoms with Gasteiger partial charge in [-0.15, -0.1) is 0 Å². The van der Waals surface area contributed by atoms with E-state index in [4.69, 9.17) is 4.74 Å². The van der Waals surface area contributed by atoms with Gasteiger partial charge in [-0.2, -0.15) is 0 Å². The predicted molar refractivity (Wildman–Crippen MR) is 97.4 cm³/mol. The summed E-state index contributed by atoms with van der Waals surface area (Å²) in [7, 11) is -2.38. The number of ether oxygens (including phenoxy) is 1. The Balaban J connectivity index is 2.44. The first-order valence-electron chi connectivity index (χ1n) is 7.88. The molecule has 2 aromatic carbocycles. The summed E-state index contributed by atoms with van der Waals surface area (Å²) >= 11 is 0. The molecule has 0 saturated heterocycles. The summed E-state index contributed by atoms with van der Waals surface area (Å²) in [6.07, 6.45) is 0. The van der Waals surface area contributed by atoms with Crippen molar-refractivity contribution in [1.29, 1.82) is 0 Å². The quantitative estimate of drug-likeness (QED) is 0.820. The number of nitrogens with zero attached hydrogens (tertiary/aromatic N) is 1. The third-order valence-corrected chi connectivity index (χ3v) is 5.42. The minimum atomic E-state index is -3.89. The molecule has 0 unspecified atom stereocenters. The lowest BCUT2D eigenvalue weighted by atomic mass is 10.2. The van der Waals surface area contributed by atoms with E-state index in [-0.39, 0.29) is 17.3 Å². The molecule has 0 atom stereocenters. The lowest BCUT2D eigenvalue weighted by Gasteiger charge is -2.24. The Morgan fingerprint density at radius 1 is 1.08 bits per heavy atom. The van der Waals surface area contributed by atoms with E-state index in [2.05, 4.69) is 5.32 Å². The average molecular weight is 362 g/mol. The van der Waals surface area contributed by atoms with Crippen LogP contribution in [0, 0.1) is 6.92 Å². The molecule has 6 nitrogen and oxygen atoms in total. The number of rotatable bonds is 7. The van der Waals surface area contributed by atoms with E-state index in [1.54, 1.807) is 31.2 Å². The molecule has 7 heteroatoms. The summed E-state index contributed by atoms with van der Waals surface area (Å²) in [4.78, 5) is 12.1. The number of benzene rings is 2. The molecule has 2 aromatic rings. The minimum absolute atomic E-state index is 0.0955. The fourth-order valence-corrected chi connectivity index (χ4v) is 3.71. The van der Waals surface area contributed by atoms with E-state index < -0.39 is 10.0 Å². The first-order chi connectivity index (χ1) is 11.9. The van der Waals surface area contributed by atoms with E-state index in [0.29, 0.717) is 18.0 Å². The van der Waals surface area contributed by atoms with Crippen LogP contribution in [0.15, 0.2) is 53.4 Å². The topological polar surface area (TPSA) is 75.7 Å². The Labute approximate surface area is 148 Å². The van der Waals surface area contributed by atoms with Crippen LogP contribution in [0.4, 0.5) is 5.69 Å². The molecule has 0 heterocycles. The lowest BCUT2D eigenvalue weighted by Crippen LogP contribution is -2.40. The summed E-state index contributed by atoms with van der Waals surface area (Å²) in [5, 5.41) is 2.63. The van der Waals surface area contributed by atoms with Crippen molar-refractivity contribution in [3.63, 3.8) is 0 Å². The second-order valence-corrected chi connectivity index (χ2v) is 7.34. The molecule has 2 rings (SSSR count). The summed E-state index contributed by atoms with van der Waals surface area (Å²) in [5.74, 6) is 0.199. The zero-order chi connectivity index (χ0) is 18.4.